The molecule has 0 saturated heterocycles. The van der Waals surface area contributed by atoms with Gasteiger partial charge in [-0.05, 0) is 51.3 Å². The molecule has 0 radical (unpaired) electrons. The Hall–Kier alpha value is -0.680. The maximum atomic E-state index is 10.7. The van der Waals surface area contributed by atoms with Gasteiger partial charge in [-0.3, -0.25) is 0 Å². The Morgan fingerprint density at radius 2 is 1.85 bits per heavy atom. The predicted octanol–water partition coefficient (Wildman–Crippen LogP) is 5.82. The van der Waals surface area contributed by atoms with Crippen LogP contribution in [0.5, 0.6) is 0 Å². The molecular formula is C16H12Br2OS. The van der Waals surface area contributed by atoms with Gasteiger partial charge in [0.2, 0.25) is 0 Å². The number of rotatable bonds is 2. The lowest BCUT2D eigenvalue weighted by Gasteiger charge is -2.13. The van der Waals surface area contributed by atoms with Crippen molar-refractivity contribution in [1.29, 1.82) is 0 Å². The van der Waals surface area contributed by atoms with Crippen molar-refractivity contribution in [2.24, 2.45) is 0 Å². The largest absolute Gasteiger partial charge is 0.384 e. The zero-order valence-corrected chi connectivity index (χ0v) is 14.7. The highest BCUT2D eigenvalue weighted by molar-refractivity contribution is 9.11. The molecule has 102 valence electrons. The summed E-state index contributed by atoms with van der Waals surface area (Å²) < 4.78 is 3.18. The zero-order valence-electron chi connectivity index (χ0n) is 10.7. The molecule has 1 nitrogen and oxygen atoms in total. The molecule has 0 aliphatic rings. The molecular weight excluding hydrogens is 400 g/mol. The van der Waals surface area contributed by atoms with Gasteiger partial charge in [-0.25, -0.2) is 0 Å². The van der Waals surface area contributed by atoms with E-state index < -0.39 is 6.10 Å². The van der Waals surface area contributed by atoms with Crippen molar-refractivity contribution >= 4 is 53.3 Å². The van der Waals surface area contributed by atoms with Crippen LogP contribution in [0, 0.1) is 6.92 Å². The minimum absolute atomic E-state index is 0.618. The van der Waals surface area contributed by atoms with E-state index in [1.165, 1.54) is 4.70 Å². The number of thiophene rings is 1. The third-order valence-electron chi connectivity index (χ3n) is 3.32. The summed E-state index contributed by atoms with van der Waals surface area (Å²) >= 11 is 8.74. The second kappa shape index (κ2) is 5.60. The quantitative estimate of drug-likeness (QED) is 0.563. The number of halogens is 2. The Morgan fingerprint density at radius 1 is 1.05 bits per heavy atom. The van der Waals surface area contributed by atoms with E-state index in [9.17, 15) is 5.11 Å². The highest BCUT2D eigenvalue weighted by Crippen LogP contribution is 2.38. The lowest BCUT2D eigenvalue weighted by atomic mass is 9.99. The molecule has 1 atom stereocenters. The van der Waals surface area contributed by atoms with Crippen LogP contribution in [0.4, 0.5) is 0 Å². The summed E-state index contributed by atoms with van der Waals surface area (Å²) in [6, 6.07) is 12.1. The number of aliphatic hydroxyl groups is 1. The highest BCUT2D eigenvalue weighted by Gasteiger charge is 2.18. The van der Waals surface area contributed by atoms with Gasteiger partial charge in [0, 0.05) is 19.2 Å². The smallest absolute Gasteiger partial charge is 0.107 e. The molecule has 1 heterocycles. The number of hydrogen-bond acceptors (Lipinski definition) is 2. The van der Waals surface area contributed by atoms with Crippen LogP contribution in [0.2, 0.25) is 0 Å². The van der Waals surface area contributed by atoms with Crippen molar-refractivity contribution in [2.75, 3.05) is 0 Å². The van der Waals surface area contributed by atoms with Gasteiger partial charge in [-0.15, -0.1) is 11.3 Å². The fraction of sp³-hybridized carbons (Fsp3) is 0.125. The van der Waals surface area contributed by atoms with Crippen LogP contribution < -0.4 is 0 Å². The summed E-state index contributed by atoms with van der Waals surface area (Å²) in [4.78, 5) is 0. The van der Waals surface area contributed by atoms with E-state index in [0.29, 0.717) is 0 Å². The summed E-state index contributed by atoms with van der Waals surface area (Å²) in [6.07, 6.45) is -0.618. The first-order valence-electron chi connectivity index (χ1n) is 6.17. The number of benzene rings is 2. The lowest BCUT2D eigenvalue weighted by Crippen LogP contribution is -2.00. The van der Waals surface area contributed by atoms with Gasteiger partial charge in [0.1, 0.15) is 6.10 Å². The molecule has 0 bridgehead atoms. The first-order chi connectivity index (χ1) is 9.58. The standard InChI is InChI=1S/C16H12Br2OS/c1-9-5-6-13(17)11(7-9)15(19)12-8-20-16-10(12)3-2-4-14(16)18/h2-8,15,19H,1H3. The van der Waals surface area contributed by atoms with E-state index in [2.05, 4.69) is 37.9 Å². The van der Waals surface area contributed by atoms with Gasteiger partial charge in [-0.1, -0.05) is 45.8 Å². The van der Waals surface area contributed by atoms with Gasteiger partial charge >= 0.3 is 0 Å². The molecule has 20 heavy (non-hydrogen) atoms. The fourth-order valence-electron chi connectivity index (χ4n) is 2.29. The van der Waals surface area contributed by atoms with Crippen molar-refractivity contribution in [2.45, 2.75) is 13.0 Å². The molecule has 0 aliphatic carbocycles. The minimum atomic E-state index is -0.618. The van der Waals surface area contributed by atoms with Crippen LogP contribution in [0.15, 0.2) is 50.7 Å². The van der Waals surface area contributed by atoms with Crippen LogP contribution >= 0.6 is 43.2 Å². The molecule has 0 aliphatic heterocycles. The molecule has 4 heteroatoms. The van der Waals surface area contributed by atoms with Gasteiger partial charge in [-0.2, -0.15) is 0 Å². The van der Waals surface area contributed by atoms with Gasteiger partial charge in [0.05, 0.1) is 0 Å². The zero-order chi connectivity index (χ0) is 14.3. The number of hydrogen-bond donors (Lipinski definition) is 1. The summed E-state index contributed by atoms with van der Waals surface area (Å²) in [5, 5.41) is 13.9. The van der Waals surface area contributed by atoms with E-state index in [-0.39, 0.29) is 0 Å². The van der Waals surface area contributed by atoms with Crippen LogP contribution in [0.1, 0.15) is 22.8 Å². The average molecular weight is 412 g/mol. The van der Waals surface area contributed by atoms with E-state index in [1.807, 2.05) is 42.6 Å². The fourth-order valence-corrected chi connectivity index (χ4v) is 4.40. The molecule has 0 spiro atoms. The molecule has 1 N–H and O–H groups in total. The number of fused-ring (bicyclic) bond motifs is 1. The topological polar surface area (TPSA) is 20.2 Å². The molecule has 0 fully saturated rings. The Balaban J connectivity index is 2.15. The van der Waals surface area contributed by atoms with Crippen molar-refractivity contribution in [3.63, 3.8) is 0 Å². The monoisotopic (exact) mass is 410 g/mol. The summed E-state index contributed by atoms with van der Waals surface area (Å²) in [6.45, 7) is 2.03. The van der Waals surface area contributed by atoms with Gasteiger partial charge < -0.3 is 5.11 Å². The first-order valence-corrected chi connectivity index (χ1v) is 8.64. The van der Waals surface area contributed by atoms with Crippen molar-refractivity contribution < 1.29 is 5.11 Å². The second-order valence-corrected chi connectivity index (χ2v) is 7.32. The molecule has 1 aromatic heterocycles. The van der Waals surface area contributed by atoms with E-state index in [1.54, 1.807) is 11.3 Å². The number of aryl methyl sites for hydroxylation is 1. The molecule has 0 amide bonds. The average Bonchev–Trinajstić information content (AvgIpc) is 2.86. The first kappa shape index (κ1) is 14.3. The Bertz CT molecular complexity index is 779. The van der Waals surface area contributed by atoms with Crippen molar-refractivity contribution in [3.05, 3.63) is 67.4 Å². The van der Waals surface area contributed by atoms with Crippen LogP contribution in [-0.2, 0) is 0 Å². The van der Waals surface area contributed by atoms with Gasteiger partial charge in [0.15, 0.2) is 0 Å². The Kier molecular flexibility index (Phi) is 4.00. The Morgan fingerprint density at radius 3 is 2.65 bits per heavy atom. The molecule has 3 rings (SSSR count). The van der Waals surface area contributed by atoms with Crippen LogP contribution in [-0.4, -0.2) is 5.11 Å². The summed E-state index contributed by atoms with van der Waals surface area (Å²) in [7, 11) is 0. The van der Waals surface area contributed by atoms with Crippen molar-refractivity contribution in [1.82, 2.24) is 0 Å². The van der Waals surface area contributed by atoms with E-state index in [4.69, 9.17) is 0 Å². The van der Waals surface area contributed by atoms with Crippen LogP contribution in [0.3, 0.4) is 0 Å². The number of aliphatic hydroxyl groups excluding tert-OH is 1. The lowest BCUT2D eigenvalue weighted by molar-refractivity contribution is 0.221. The van der Waals surface area contributed by atoms with Crippen LogP contribution in [0.25, 0.3) is 10.1 Å². The third-order valence-corrected chi connectivity index (χ3v) is 6.02. The predicted molar refractivity (Wildman–Crippen MR) is 92.5 cm³/mol. The summed E-state index contributed by atoms with van der Waals surface area (Å²) in [5.41, 5.74) is 3.00. The highest BCUT2D eigenvalue weighted by atomic mass is 79.9. The Labute approximate surface area is 138 Å². The van der Waals surface area contributed by atoms with Gasteiger partial charge in [0.25, 0.3) is 0 Å². The SMILES string of the molecule is Cc1ccc(Br)c(C(O)c2csc3c(Br)cccc23)c1. The maximum Gasteiger partial charge on any atom is 0.107 e. The third kappa shape index (κ3) is 2.46. The molecule has 1 unspecified atom stereocenters. The minimum Gasteiger partial charge on any atom is -0.384 e. The second-order valence-electron chi connectivity index (χ2n) is 4.74. The maximum absolute atomic E-state index is 10.7. The molecule has 2 aromatic carbocycles. The van der Waals surface area contributed by atoms with E-state index in [0.717, 1.165) is 31.0 Å². The summed E-state index contributed by atoms with van der Waals surface area (Å²) in [5.74, 6) is 0. The molecule has 3 aromatic rings. The van der Waals surface area contributed by atoms with Crippen molar-refractivity contribution in [3.8, 4) is 0 Å². The normalized spacial score (nSPS) is 12.8. The van der Waals surface area contributed by atoms with E-state index >= 15 is 0 Å². The molecule has 0 saturated carbocycles.